The van der Waals surface area contributed by atoms with Crippen molar-refractivity contribution < 1.29 is 9.84 Å². The molecule has 0 spiro atoms. The van der Waals surface area contributed by atoms with Crippen LogP contribution in [0.5, 0.6) is 0 Å². The average molecular weight is 290 g/mol. The van der Waals surface area contributed by atoms with Gasteiger partial charge >= 0.3 is 0 Å². The molecular weight excluding hydrogens is 272 g/mol. The number of aliphatic hydroxyl groups is 1. The molecule has 1 aliphatic carbocycles. The lowest BCUT2D eigenvalue weighted by molar-refractivity contribution is 0.140. The van der Waals surface area contributed by atoms with Gasteiger partial charge in [0.2, 0.25) is 0 Å². The highest BCUT2D eigenvalue weighted by atomic mass is 32.1. The summed E-state index contributed by atoms with van der Waals surface area (Å²) >= 11 is 1.60. The molecule has 20 heavy (non-hydrogen) atoms. The average Bonchev–Trinajstić information content (AvgIpc) is 3.01. The van der Waals surface area contributed by atoms with Crippen LogP contribution in [0.2, 0.25) is 0 Å². The van der Waals surface area contributed by atoms with Gasteiger partial charge in [-0.25, -0.2) is 4.98 Å². The molecule has 106 valence electrons. The highest BCUT2D eigenvalue weighted by Gasteiger charge is 2.30. The minimum atomic E-state index is -0.357. The van der Waals surface area contributed by atoms with E-state index >= 15 is 0 Å². The number of thiazole rings is 1. The van der Waals surface area contributed by atoms with E-state index in [9.17, 15) is 5.11 Å². The maximum atomic E-state index is 10.2. The number of fused-ring (bicyclic) bond motifs is 1. The molecule has 2 aromatic rings. The molecule has 0 saturated carbocycles. The van der Waals surface area contributed by atoms with Crippen LogP contribution >= 0.6 is 11.3 Å². The van der Waals surface area contributed by atoms with Crippen molar-refractivity contribution in [2.75, 3.05) is 7.11 Å². The molecule has 5 heteroatoms. The van der Waals surface area contributed by atoms with Gasteiger partial charge in [0, 0.05) is 25.5 Å². The Hall–Kier alpha value is -1.27. The quantitative estimate of drug-likeness (QED) is 0.885. The van der Waals surface area contributed by atoms with Gasteiger partial charge in [-0.3, -0.25) is 0 Å². The molecule has 0 radical (unpaired) electrons. The first kappa shape index (κ1) is 13.7. The van der Waals surface area contributed by atoms with Crippen LogP contribution in [0.15, 0.2) is 29.6 Å². The number of nitrogens with zero attached hydrogens (tertiary/aromatic N) is 1. The lowest BCUT2D eigenvalue weighted by Crippen LogP contribution is -2.28. The van der Waals surface area contributed by atoms with Gasteiger partial charge in [0.15, 0.2) is 0 Å². The van der Waals surface area contributed by atoms with Crippen molar-refractivity contribution in [1.82, 2.24) is 10.3 Å². The molecule has 1 heterocycles. The number of benzene rings is 1. The highest BCUT2D eigenvalue weighted by Crippen LogP contribution is 2.31. The number of hydrogen-bond donors (Lipinski definition) is 2. The van der Waals surface area contributed by atoms with Crippen LogP contribution in [-0.4, -0.2) is 23.3 Å². The van der Waals surface area contributed by atoms with Crippen LogP contribution in [0.4, 0.5) is 0 Å². The van der Waals surface area contributed by atoms with Crippen LogP contribution in [-0.2, 0) is 24.3 Å². The molecule has 2 unspecified atom stereocenters. The minimum Gasteiger partial charge on any atom is -0.391 e. The van der Waals surface area contributed by atoms with E-state index in [4.69, 9.17) is 4.74 Å². The third kappa shape index (κ3) is 2.76. The Morgan fingerprint density at radius 3 is 3.15 bits per heavy atom. The predicted octanol–water partition coefficient (Wildman–Crippen LogP) is 2.04. The van der Waals surface area contributed by atoms with Gasteiger partial charge in [0.1, 0.15) is 5.01 Å². The van der Waals surface area contributed by atoms with Crippen molar-refractivity contribution in [3.63, 3.8) is 0 Å². The number of aromatic nitrogens is 1. The minimum absolute atomic E-state index is 0.00113. The smallest absolute Gasteiger partial charge is 0.119 e. The Balaban J connectivity index is 1.66. The Morgan fingerprint density at radius 1 is 1.45 bits per heavy atom. The number of hydrogen-bond acceptors (Lipinski definition) is 5. The van der Waals surface area contributed by atoms with E-state index < -0.39 is 0 Å². The van der Waals surface area contributed by atoms with Crippen molar-refractivity contribution >= 4 is 11.3 Å². The lowest BCUT2D eigenvalue weighted by Gasteiger charge is -2.17. The van der Waals surface area contributed by atoms with E-state index in [0.717, 1.165) is 17.1 Å². The van der Waals surface area contributed by atoms with Gasteiger partial charge in [-0.15, -0.1) is 11.3 Å². The molecule has 2 N–H and O–H groups in total. The second-order valence-corrected chi connectivity index (χ2v) is 5.94. The zero-order valence-corrected chi connectivity index (χ0v) is 12.2. The Morgan fingerprint density at radius 2 is 2.30 bits per heavy atom. The zero-order valence-electron chi connectivity index (χ0n) is 11.4. The van der Waals surface area contributed by atoms with Crippen molar-refractivity contribution in [1.29, 1.82) is 0 Å². The maximum absolute atomic E-state index is 10.2. The van der Waals surface area contributed by atoms with Gasteiger partial charge in [-0.2, -0.15) is 0 Å². The van der Waals surface area contributed by atoms with Gasteiger partial charge in [0.05, 0.1) is 24.4 Å². The first-order valence-corrected chi connectivity index (χ1v) is 7.57. The summed E-state index contributed by atoms with van der Waals surface area (Å²) in [4.78, 5) is 4.49. The van der Waals surface area contributed by atoms with E-state index in [1.54, 1.807) is 18.4 Å². The molecule has 2 atom stereocenters. The van der Waals surface area contributed by atoms with Crippen molar-refractivity contribution in [3.05, 3.63) is 51.5 Å². The SMILES string of the molecule is COCc1nc(CNC2c3ccccc3CC2O)cs1. The van der Waals surface area contributed by atoms with Crippen LogP contribution in [0.25, 0.3) is 0 Å². The van der Waals surface area contributed by atoms with Crippen molar-refractivity contribution in [2.45, 2.75) is 31.7 Å². The molecule has 0 bridgehead atoms. The molecule has 3 rings (SSSR count). The number of nitrogens with one attached hydrogen (secondary N) is 1. The van der Waals surface area contributed by atoms with Gasteiger partial charge < -0.3 is 15.2 Å². The molecule has 1 aromatic heterocycles. The monoisotopic (exact) mass is 290 g/mol. The van der Waals surface area contributed by atoms with Crippen molar-refractivity contribution in [3.8, 4) is 0 Å². The fourth-order valence-corrected chi connectivity index (χ4v) is 3.42. The topological polar surface area (TPSA) is 54.4 Å². The third-order valence-corrected chi connectivity index (χ3v) is 4.45. The second kappa shape index (κ2) is 6.01. The highest BCUT2D eigenvalue weighted by molar-refractivity contribution is 7.09. The number of methoxy groups -OCH3 is 1. The summed E-state index contributed by atoms with van der Waals surface area (Å²) in [5, 5.41) is 16.6. The summed E-state index contributed by atoms with van der Waals surface area (Å²) in [6.45, 7) is 1.22. The second-order valence-electron chi connectivity index (χ2n) is 4.99. The molecule has 1 aliphatic rings. The molecule has 0 aliphatic heterocycles. The molecule has 4 nitrogen and oxygen atoms in total. The third-order valence-electron chi connectivity index (χ3n) is 3.57. The van der Waals surface area contributed by atoms with Gasteiger partial charge in [-0.1, -0.05) is 24.3 Å². The van der Waals surface area contributed by atoms with Crippen molar-refractivity contribution in [2.24, 2.45) is 0 Å². The molecule has 1 aromatic carbocycles. The zero-order chi connectivity index (χ0) is 13.9. The lowest BCUT2D eigenvalue weighted by atomic mass is 10.1. The van der Waals surface area contributed by atoms with Gasteiger partial charge in [0.25, 0.3) is 0 Å². The predicted molar refractivity (Wildman–Crippen MR) is 78.6 cm³/mol. The van der Waals surface area contributed by atoms with E-state index in [-0.39, 0.29) is 12.1 Å². The fourth-order valence-electron chi connectivity index (χ4n) is 2.65. The molecule has 0 amide bonds. The van der Waals surface area contributed by atoms with E-state index in [1.165, 1.54) is 11.1 Å². The van der Waals surface area contributed by atoms with Crippen LogP contribution in [0.3, 0.4) is 0 Å². The standard InChI is InChI=1S/C15H18N2O2S/c1-19-8-14-17-11(9-20-14)7-16-15-12-5-3-2-4-10(12)6-13(15)18/h2-5,9,13,15-16,18H,6-8H2,1H3. The Labute approximate surface area is 122 Å². The summed E-state index contributed by atoms with van der Waals surface area (Å²) in [5.41, 5.74) is 3.43. The summed E-state index contributed by atoms with van der Waals surface area (Å²) in [6.07, 6.45) is 0.365. The first-order chi connectivity index (χ1) is 9.78. The summed E-state index contributed by atoms with van der Waals surface area (Å²) < 4.78 is 5.07. The summed E-state index contributed by atoms with van der Waals surface area (Å²) in [7, 11) is 1.67. The number of aliphatic hydroxyl groups excluding tert-OH is 1. The number of ether oxygens (including phenoxy) is 1. The Bertz CT molecular complexity index is 585. The van der Waals surface area contributed by atoms with Crippen LogP contribution < -0.4 is 5.32 Å². The first-order valence-electron chi connectivity index (χ1n) is 6.69. The molecule has 0 fully saturated rings. The molecule has 0 saturated heterocycles. The van der Waals surface area contributed by atoms with Gasteiger partial charge in [-0.05, 0) is 11.1 Å². The van der Waals surface area contributed by atoms with E-state index in [0.29, 0.717) is 13.2 Å². The number of rotatable bonds is 5. The molecular formula is C15H18N2O2S. The summed E-state index contributed by atoms with van der Waals surface area (Å²) in [6, 6.07) is 8.20. The maximum Gasteiger partial charge on any atom is 0.119 e. The fraction of sp³-hybridized carbons (Fsp3) is 0.400. The summed E-state index contributed by atoms with van der Waals surface area (Å²) in [5.74, 6) is 0. The normalized spacial score (nSPS) is 21.1. The largest absolute Gasteiger partial charge is 0.391 e. The Kier molecular flexibility index (Phi) is 4.12. The van der Waals surface area contributed by atoms with Crippen LogP contribution in [0.1, 0.15) is 27.9 Å². The van der Waals surface area contributed by atoms with Crippen LogP contribution in [0, 0.1) is 0 Å². The van der Waals surface area contributed by atoms with E-state index in [1.807, 2.05) is 17.5 Å². The van der Waals surface area contributed by atoms with E-state index in [2.05, 4.69) is 22.4 Å².